The molecule has 2 aliphatic rings. The fourth-order valence-corrected chi connectivity index (χ4v) is 5.81. The molecule has 5 nitrogen and oxygen atoms in total. The molecule has 2 fully saturated rings. The van der Waals surface area contributed by atoms with E-state index in [-0.39, 0.29) is 0 Å². The molecule has 1 atom stereocenters. The van der Waals surface area contributed by atoms with Gasteiger partial charge in [0.15, 0.2) is 5.16 Å². The van der Waals surface area contributed by atoms with E-state index in [1.165, 1.54) is 35.4 Å². The molecule has 4 heterocycles. The van der Waals surface area contributed by atoms with Crippen molar-refractivity contribution in [3.63, 3.8) is 0 Å². The van der Waals surface area contributed by atoms with Crippen LogP contribution in [0, 0.1) is 6.92 Å². The molecule has 2 aromatic heterocycles. The normalized spacial score (nSPS) is 22.3. The first-order valence-corrected chi connectivity index (χ1v) is 11.4. The Balaban J connectivity index is 1.29. The molecule has 2 aliphatic heterocycles. The molecule has 0 spiro atoms. The summed E-state index contributed by atoms with van der Waals surface area (Å²) in [7, 11) is 2.12. The zero-order chi connectivity index (χ0) is 17.9. The molecule has 0 saturated carbocycles. The van der Waals surface area contributed by atoms with Gasteiger partial charge in [-0.05, 0) is 57.8 Å². The predicted octanol–water partition coefficient (Wildman–Crippen LogP) is 3.84. The van der Waals surface area contributed by atoms with E-state index < -0.39 is 0 Å². The maximum Gasteiger partial charge on any atom is 0.191 e. The number of nitrogens with zero attached hydrogens (tertiary/aromatic N) is 4. The summed E-state index contributed by atoms with van der Waals surface area (Å²) < 4.78 is 7.93. The standard InChI is InChI=1S/C19H28N4OS2/c1-14-5-6-17(26-14)12-23-9-7-15(8-10-23)18-20-21-19(22(18)2)25-13-16-4-3-11-24-16/h5-6,15-16H,3-4,7-13H2,1-2H3/t16-/m1/s1. The van der Waals surface area contributed by atoms with Crippen molar-refractivity contribution < 1.29 is 4.74 Å². The molecule has 0 aromatic carbocycles. The average molecular weight is 393 g/mol. The molecule has 142 valence electrons. The van der Waals surface area contributed by atoms with Gasteiger partial charge < -0.3 is 9.30 Å². The van der Waals surface area contributed by atoms with E-state index in [4.69, 9.17) is 4.74 Å². The first-order chi connectivity index (χ1) is 12.7. The van der Waals surface area contributed by atoms with Gasteiger partial charge >= 0.3 is 0 Å². The van der Waals surface area contributed by atoms with Crippen LogP contribution in [0.2, 0.25) is 0 Å². The van der Waals surface area contributed by atoms with Crippen molar-refractivity contribution >= 4 is 23.1 Å². The van der Waals surface area contributed by atoms with E-state index in [2.05, 4.69) is 45.8 Å². The Morgan fingerprint density at radius 3 is 2.77 bits per heavy atom. The molecule has 0 amide bonds. The van der Waals surface area contributed by atoms with Gasteiger partial charge in [-0.3, -0.25) is 4.90 Å². The van der Waals surface area contributed by atoms with Crippen LogP contribution >= 0.6 is 23.1 Å². The molecule has 26 heavy (non-hydrogen) atoms. The lowest BCUT2D eigenvalue weighted by Gasteiger charge is -2.31. The fraction of sp³-hybridized carbons (Fsp3) is 0.684. The number of ether oxygens (including phenoxy) is 1. The number of thiophene rings is 1. The number of rotatable bonds is 6. The minimum atomic E-state index is 0.393. The zero-order valence-electron chi connectivity index (χ0n) is 15.7. The van der Waals surface area contributed by atoms with Crippen LogP contribution in [0.5, 0.6) is 0 Å². The minimum absolute atomic E-state index is 0.393. The van der Waals surface area contributed by atoms with Crippen molar-refractivity contribution in [3.05, 3.63) is 27.7 Å². The van der Waals surface area contributed by atoms with Crippen molar-refractivity contribution in [3.8, 4) is 0 Å². The van der Waals surface area contributed by atoms with E-state index in [9.17, 15) is 0 Å². The SMILES string of the molecule is Cc1ccc(CN2CCC(c3nnc(SC[C@H]4CCCO4)n3C)CC2)s1. The second-order valence-electron chi connectivity index (χ2n) is 7.41. The van der Waals surface area contributed by atoms with Crippen LogP contribution in [0.4, 0.5) is 0 Å². The lowest BCUT2D eigenvalue weighted by Crippen LogP contribution is -2.33. The summed E-state index contributed by atoms with van der Waals surface area (Å²) in [5.74, 6) is 2.68. The maximum absolute atomic E-state index is 5.72. The highest BCUT2D eigenvalue weighted by molar-refractivity contribution is 7.99. The van der Waals surface area contributed by atoms with Crippen molar-refractivity contribution in [2.45, 2.75) is 56.3 Å². The van der Waals surface area contributed by atoms with Crippen LogP contribution < -0.4 is 0 Å². The Morgan fingerprint density at radius 1 is 1.23 bits per heavy atom. The monoisotopic (exact) mass is 392 g/mol. The molecule has 0 bridgehead atoms. The molecule has 2 saturated heterocycles. The quantitative estimate of drug-likeness (QED) is 0.699. The maximum atomic E-state index is 5.72. The van der Waals surface area contributed by atoms with Crippen LogP contribution in [0.3, 0.4) is 0 Å². The molecule has 2 aromatic rings. The summed E-state index contributed by atoms with van der Waals surface area (Å²) in [5.41, 5.74) is 0. The molecule has 0 N–H and O–H groups in total. The van der Waals surface area contributed by atoms with Crippen LogP contribution in [0.1, 0.15) is 47.2 Å². The fourth-order valence-electron chi connectivity index (χ4n) is 3.89. The van der Waals surface area contributed by atoms with Gasteiger partial charge in [0.2, 0.25) is 0 Å². The third kappa shape index (κ3) is 4.32. The van der Waals surface area contributed by atoms with Gasteiger partial charge in [0.1, 0.15) is 5.82 Å². The summed E-state index contributed by atoms with van der Waals surface area (Å²) in [6.07, 6.45) is 5.11. The molecule has 4 rings (SSSR count). The van der Waals surface area contributed by atoms with Gasteiger partial charge in [-0.1, -0.05) is 11.8 Å². The van der Waals surface area contributed by atoms with E-state index in [1.54, 1.807) is 11.8 Å². The van der Waals surface area contributed by atoms with Crippen molar-refractivity contribution in [1.29, 1.82) is 0 Å². The smallest absolute Gasteiger partial charge is 0.191 e. The summed E-state index contributed by atoms with van der Waals surface area (Å²) >= 11 is 3.71. The average Bonchev–Trinajstić information content (AvgIpc) is 3.37. The highest BCUT2D eigenvalue weighted by Gasteiger charge is 2.26. The van der Waals surface area contributed by atoms with Crippen LogP contribution in [-0.4, -0.2) is 51.2 Å². The Bertz CT molecular complexity index is 715. The van der Waals surface area contributed by atoms with Gasteiger partial charge in [0.05, 0.1) is 6.10 Å². The van der Waals surface area contributed by atoms with Crippen LogP contribution in [0.15, 0.2) is 17.3 Å². The van der Waals surface area contributed by atoms with Crippen LogP contribution in [-0.2, 0) is 18.3 Å². The van der Waals surface area contributed by atoms with Crippen molar-refractivity contribution in [2.24, 2.45) is 7.05 Å². The minimum Gasteiger partial charge on any atom is -0.377 e. The Labute approximate surface area is 164 Å². The number of hydrogen-bond acceptors (Lipinski definition) is 6. The molecule has 0 unspecified atom stereocenters. The van der Waals surface area contributed by atoms with Gasteiger partial charge in [0.25, 0.3) is 0 Å². The van der Waals surface area contributed by atoms with E-state index in [0.717, 1.165) is 43.0 Å². The topological polar surface area (TPSA) is 43.2 Å². The first-order valence-electron chi connectivity index (χ1n) is 9.60. The summed E-state index contributed by atoms with van der Waals surface area (Å²) in [4.78, 5) is 5.46. The molecular formula is C19H28N4OS2. The number of aryl methyl sites for hydroxylation is 1. The van der Waals surface area contributed by atoms with Gasteiger partial charge in [-0.2, -0.15) is 0 Å². The summed E-state index contributed by atoms with van der Waals surface area (Å²) in [6, 6.07) is 4.49. The second-order valence-corrected chi connectivity index (χ2v) is 9.77. The molecule has 0 aliphatic carbocycles. The number of aromatic nitrogens is 3. The third-order valence-corrected chi connectivity index (χ3v) is 7.56. The van der Waals surface area contributed by atoms with Gasteiger partial charge in [-0.25, -0.2) is 0 Å². The molecular weight excluding hydrogens is 364 g/mol. The Kier molecular flexibility index (Phi) is 5.98. The van der Waals surface area contributed by atoms with E-state index in [1.807, 2.05) is 11.3 Å². The first kappa shape index (κ1) is 18.5. The highest BCUT2D eigenvalue weighted by Crippen LogP contribution is 2.30. The Morgan fingerprint density at radius 2 is 2.08 bits per heavy atom. The number of piperidine rings is 1. The summed E-state index contributed by atoms with van der Waals surface area (Å²) in [6.45, 7) is 6.48. The molecule has 7 heteroatoms. The van der Waals surface area contributed by atoms with E-state index >= 15 is 0 Å². The van der Waals surface area contributed by atoms with Gasteiger partial charge in [-0.15, -0.1) is 21.5 Å². The highest BCUT2D eigenvalue weighted by atomic mass is 32.2. The predicted molar refractivity (Wildman–Crippen MR) is 107 cm³/mol. The van der Waals surface area contributed by atoms with E-state index in [0.29, 0.717) is 12.0 Å². The lowest BCUT2D eigenvalue weighted by atomic mass is 9.96. The summed E-state index contributed by atoms with van der Waals surface area (Å²) in [5, 5.41) is 10.0. The van der Waals surface area contributed by atoms with Crippen molar-refractivity contribution in [2.75, 3.05) is 25.4 Å². The Hall–Kier alpha value is -0.890. The third-order valence-electron chi connectivity index (χ3n) is 5.42. The molecule has 0 radical (unpaired) electrons. The lowest BCUT2D eigenvalue weighted by molar-refractivity contribution is 0.129. The second kappa shape index (κ2) is 8.42. The zero-order valence-corrected chi connectivity index (χ0v) is 17.3. The van der Waals surface area contributed by atoms with Crippen LogP contribution in [0.25, 0.3) is 0 Å². The van der Waals surface area contributed by atoms with Crippen molar-refractivity contribution in [1.82, 2.24) is 19.7 Å². The number of hydrogen-bond donors (Lipinski definition) is 0. The number of thioether (sulfide) groups is 1. The number of likely N-dealkylation sites (tertiary alicyclic amines) is 1. The van der Waals surface area contributed by atoms with Gasteiger partial charge in [0, 0.05) is 41.6 Å². The largest absolute Gasteiger partial charge is 0.377 e.